The first-order valence-electron chi connectivity index (χ1n) is 6.86. The fourth-order valence-electron chi connectivity index (χ4n) is 1.97. The van der Waals surface area contributed by atoms with Crippen LogP contribution in [0.3, 0.4) is 0 Å². The van der Waals surface area contributed by atoms with Crippen LogP contribution in [0.4, 0.5) is 0 Å². The third-order valence-corrected chi connectivity index (χ3v) is 3.00. The summed E-state index contributed by atoms with van der Waals surface area (Å²) < 4.78 is 5.01. The van der Waals surface area contributed by atoms with Crippen molar-refractivity contribution in [3.63, 3.8) is 0 Å². The number of amides is 1. The van der Waals surface area contributed by atoms with Gasteiger partial charge >= 0.3 is 5.97 Å². The van der Waals surface area contributed by atoms with E-state index in [2.05, 4.69) is 5.32 Å². The van der Waals surface area contributed by atoms with E-state index >= 15 is 0 Å². The predicted octanol–water partition coefficient (Wildman–Crippen LogP) is 2.61. The van der Waals surface area contributed by atoms with E-state index in [0.29, 0.717) is 6.42 Å². The van der Waals surface area contributed by atoms with Crippen LogP contribution < -0.4 is 10.1 Å². The van der Waals surface area contributed by atoms with Gasteiger partial charge in [0.25, 0.3) is 0 Å². The second-order valence-corrected chi connectivity index (χ2v) is 4.86. The van der Waals surface area contributed by atoms with Gasteiger partial charge in [-0.2, -0.15) is 0 Å². The average Bonchev–Trinajstić information content (AvgIpc) is 2.48. The number of aliphatic carboxylic acids is 1. The number of carbonyl (C=O) groups is 2. The second kappa shape index (κ2) is 7.26. The van der Waals surface area contributed by atoms with Gasteiger partial charge in [0.05, 0.1) is 0 Å². The summed E-state index contributed by atoms with van der Waals surface area (Å²) in [5.41, 5.74) is 0.888. The minimum absolute atomic E-state index is 0.301. The van der Waals surface area contributed by atoms with Crippen molar-refractivity contribution >= 4 is 11.9 Å². The molecule has 0 radical (unpaired) electrons. The Kier molecular flexibility index (Phi) is 5.14. The maximum atomic E-state index is 10.8. The van der Waals surface area contributed by atoms with Crippen LogP contribution in [0.1, 0.15) is 12.5 Å². The fraction of sp³-hybridized carbons (Fsp3) is 0.176. The summed E-state index contributed by atoms with van der Waals surface area (Å²) >= 11 is 0. The first-order chi connectivity index (χ1) is 10.5. The highest BCUT2D eigenvalue weighted by Gasteiger charge is 2.18. The van der Waals surface area contributed by atoms with E-state index < -0.39 is 12.0 Å². The van der Waals surface area contributed by atoms with Crippen LogP contribution in [0.25, 0.3) is 0 Å². The molecule has 22 heavy (non-hydrogen) atoms. The largest absolute Gasteiger partial charge is 0.480 e. The molecule has 2 aliphatic rings. The number of ether oxygens (including phenoxy) is 1. The highest BCUT2D eigenvalue weighted by Crippen LogP contribution is 2.32. The van der Waals surface area contributed by atoms with Gasteiger partial charge < -0.3 is 15.2 Å². The summed E-state index contributed by atoms with van der Waals surface area (Å²) in [4.78, 5) is 21.6. The SMILES string of the molecule is CC(=O)NC(Cc1ccccc1)C(=O)O.c1cc2cc(c1)O2. The number of hydrogen-bond donors (Lipinski definition) is 2. The van der Waals surface area contributed by atoms with Gasteiger partial charge in [-0.15, -0.1) is 0 Å². The third-order valence-electron chi connectivity index (χ3n) is 3.00. The summed E-state index contributed by atoms with van der Waals surface area (Å²) in [5.74, 6) is 0.613. The van der Waals surface area contributed by atoms with Crippen molar-refractivity contribution in [1.82, 2.24) is 5.32 Å². The lowest BCUT2D eigenvalue weighted by Crippen LogP contribution is -2.41. The van der Waals surface area contributed by atoms with Gasteiger partial charge in [-0.1, -0.05) is 36.4 Å². The van der Waals surface area contributed by atoms with Crippen molar-refractivity contribution in [3.8, 4) is 11.5 Å². The molecule has 5 heteroatoms. The number of benzene rings is 2. The van der Waals surface area contributed by atoms with Gasteiger partial charge in [0.1, 0.15) is 17.5 Å². The molecule has 4 rings (SSSR count). The second-order valence-electron chi connectivity index (χ2n) is 4.86. The smallest absolute Gasteiger partial charge is 0.326 e. The van der Waals surface area contributed by atoms with Gasteiger partial charge in [0.15, 0.2) is 0 Å². The standard InChI is InChI=1S/C11H13NO3.C6H4O/c1-8(13)12-10(11(14)15)7-9-5-3-2-4-6-9;1-2-5-4-6(3-1)7-5/h2-6,10H,7H2,1H3,(H,12,13)(H,14,15);1-4H. The van der Waals surface area contributed by atoms with Crippen LogP contribution >= 0.6 is 0 Å². The Morgan fingerprint density at radius 3 is 2.05 bits per heavy atom. The topological polar surface area (TPSA) is 75.6 Å². The zero-order valence-corrected chi connectivity index (χ0v) is 12.2. The molecule has 1 unspecified atom stereocenters. The van der Waals surface area contributed by atoms with Crippen LogP contribution in [0.5, 0.6) is 11.5 Å². The van der Waals surface area contributed by atoms with Crippen LogP contribution in [0.15, 0.2) is 54.6 Å². The van der Waals surface area contributed by atoms with E-state index in [4.69, 9.17) is 9.84 Å². The molecule has 0 fully saturated rings. The first kappa shape index (κ1) is 15.6. The molecule has 0 aliphatic carbocycles. The van der Waals surface area contributed by atoms with E-state index in [0.717, 1.165) is 17.1 Å². The number of hydrogen-bond acceptors (Lipinski definition) is 3. The molecule has 2 aromatic carbocycles. The van der Waals surface area contributed by atoms with E-state index in [1.165, 1.54) is 6.92 Å². The van der Waals surface area contributed by atoms with E-state index in [9.17, 15) is 9.59 Å². The predicted molar refractivity (Wildman–Crippen MR) is 81.9 cm³/mol. The summed E-state index contributed by atoms with van der Waals surface area (Å²) in [6, 6.07) is 16.2. The van der Waals surface area contributed by atoms with Crippen molar-refractivity contribution < 1.29 is 19.4 Å². The Labute approximate surface area is 128 Å². The molecule has 2 aromatic rings. The van der Waals surface area contributed by atoms with Gasteiger partial charge in [-0.25, -0.2) is 4.79 Å². The monoisotopic (exact) mass is 299 g/mol. The zero-order chi connectivity index (χ0) is 15.9. The minimum atomic E-state index is -1.02. The summed E-state index contributed by atoms with van der Waals surface area (Å²) in [6.07, 6.45) is 0.301. The number of nitrogens with one attached hydrogen (secondary N) is 1. The fourth-order valence-corrected chi connectivity index (χ4v) is 1.97. The molecule has 2 bridgehead atoms. The molecule has 0 saturated heterocycles. The number of fused-ring (bicyclic) bond motifs is 2. The number of carboxylic acids is 1. The van der Waals surface area contributed by atoms with Gasteiger partial charge in [-0.05, 0) is 17.7 Å². The van der Waals surface area contributed by atoms with Crippen LogP contribution in [-0.2, 0) is 16.0 Å². The number of carbonyl (C=O) groups excluding carboxylic acids is 1. The third kappa shape index (κ3) is 4.63. The molecule has 0 saturated carbocycles. The molecule has 0 aromatic heterocycles. The van der Waals surface area contributed by atoms with Crippen molar-refractivity contribution in [2.24, 2.45) is 0 Å². The lowest BCUT2D eigenvalue weighted by molar-refractivity contribution is -0.141. The summed E-state index contributed by atoms with van der Waals surface area (Å²) in [6.45, 7) is 1.31. The Morgan fingerprint density at radius 2 is 1.68 bits per heavy atom. The number of rotatable bonds is 4. The lowest BCUT2D eigenvalue weighted by atomic mass is 10.1. The van der Waals surface area contributed by atoms with E-state index in [-0.39, 0.29) is 5.91 Å². The minimum Gasteiger partial charge on any atom is -0.480 e. The molecular weight excluding hydrogens is 282 g/mol. The average molecular weight is 299 g/mol. The highest BCUT2D eigenvalue weighted by molar-refractivity contribution is 5.82. The highest BCUT2D eigenvalue weighted by atomic mass is 16.5. The zero-order valence-electron chi connectivity index (χ0n) is 12.2. The molecule has 1 amide bonds. The molecule has 1 atom stereocenters. The molecule has 0 spiro atoms. The van der Waals surface area contributed by atoms with Crippen molar-refractivity contribution in [2.45, 2.75) is 19.4 Å². The van der Waals surface area contributed by atoms with E-state index in [1.54, 1.807) is 0 Å². The molecule has 2 heterocycles. The van der Waals surface area contributed by atoms with Crippen molar-refractivity contribution in [3.05, 3.63) is 60.2 Å². The van der Waals surface area contributed by atoms with Crippen LogP contribution in [0, 0.1) is 0 Å². The molecule has 5 nitrogen and oxygen atoms in total. The molecule has 2 aliphatic heterocycles. The molecular formula is C17H17NO4. The summed E-state index contributed by atoms with van der Waals surface area (Å²) in [7, 11) is 0. The Morgan fingerprint density at radius 1 is 1.09 bits per heavy atom. The van der Waals surface area contributed by atoms with Crippen LogP contribution in [0.2, 0.25) is 0 Å². The lowest BCUT2D eigenvalue weighted by Gasteiger charge is -2.13. The van der Waals surface area contributed by atoms with Crippen molar-refractivity contribution in [1.29, 1.82) is 0 Å². The number of carboxylic acid groups (broad SMARTS) is 1. The Hall–Kier alpha value is -2.82. The Balaban J connectivity index is 0.000000205. The van der Waals surface area contributed by atoms with Crippen LogP contribution in [-0.4, -0.2) is 23.0 Å². The normalized spacial score (nSPS) is 11.9. The molecule has 114 valence electrons. The maximum Gasteiger partial charge on any atom is 0.326 e. The van der Waals surface area contributed by atoms with Gasteiger partial charge in [-0.3, -0.25) is 4.79 Å². The summed E-state index contributed by atoms with van der Waals surface area (Å²) in [5, 5.41) is 11.3. The first-order valence-corrected chi connectivity index (χ1v) is 6.86. The van der Waals surface area contributed by atoms with Gasteiger partial charge in [0.2, 0.25) is 5.91 Å². The van der Waals surface area contributed by atoms with E-state index in [1.807, 2.05) is 54.6 Å². The molecule has 2 N–H and O–H groups in total. The quantitative estimate of drug-likeness (QED) is 0.776. The van der Waals surface area contributed by atoms with Gasteiger partial charge in [0, 0.05) is 19.4 Å². The van der Waals surface area contributed by atoms with Crippen molar-refractivity contribution in [2.75, 3.05) is 0 Å². The Bertz CT molecular complexity index is 630. The maximum absolute atomic E-state index is 10.8.